The molecule has 0 amide bonds. The van der Waals surface area contributed by atoms with Gasteiger partial charge in [-0.05, 0) is 57.1 Å². The van der Waals surface area contributed by atoms with Crippen molar-refractivity contribution in [2.45, 2.75) is 63.5 Å². The molecule has 0 radical (unpaired) electrons. The molecular weight excluding hydrogens is 416 g/mol. The second kappa shape index (κ2) is 9.33. The van der Waals surface area contributed by atoms with Crippen LogP contribution >= 0.6 is 11.3 Å². The van der Waals surface area contributed by atoms with Gasteiger partial charge < -0.3 is 14.0 Å². The fourth-order valence-corrected chi connectivity index (χ4v) is 7.66. The number of ether oxygens (including phenoxy) is 2. The molecule has 2 aromatic rings. The molecule has 1 aliphatic heterocycles. The van der Waals surface area contributed by atoms with Crippen LogP contribution in [0.5, 0.6) is 5.75 Å². The van der Waals surface area contributed by atoms with Crippen molar-refractivity contribution in [3.05, 3.63) is 22.7 Å². The number of hydrogen-bond donors (Lipinski definition) is 0. The molecule has 3 heterocycles. The molecule has 0 bridgehead atoms. The minimum absolute atomic E-state index is 0.285. The minimum Gasteiger partial charge on any atom is -0.616 e. The zero-order valence-electron chi connectivity index (χ0n) is 17.8. The van der Waals surface area contributed by atoms with E-state index in [9.17, 15) is 4.55 Å². The first-order valence-corrected chi connectivity index (χ1v) is 13.8. The van der Waals surface area contributed by atoms with Crippen molar-refractivity contribution in [3.8, 4) is 5.75 Å². The van der Waals surface area contributed by atoms with Crippen LogP contribution in [0, 0.1) is 0 Å². The molecule has 0 N–H and O–H groups in total. The Morgan fingerprint density at radius 1 is 1.23 bits per heavy atom. The van der Waals surface area contributed by atoms with Gasteiger partial charge in [-0.1, -0.05) is 11.2 Å². The van der Waals surface area contributed by atoms with Crippen LogP contribution in [0.2, 0.25) is 0 Å². The van der Waals surface area contributed by atoms with Gasteiger partial charge in [-0.2, -0.15) is 0 Å². The van der Waals surface area contributed by atoms with Crippen molar-refractivity contribution >= 4 is 32.7 Å². The molecule has 1 saturated heterocycles. The number of fused-ring (bicyclic) bond motifs is 3. The highest BCUT2D eigenvalue weighted by Crippen LogP contribution is 2.47. The lowest BCUT2D eigenvalue weighted by Gasteiger charge is -2.38. The molecule has 164 valence electrons. The summed E-state index contributed by atoms with van der Waals surface area (Å²) < 4.78 is 24.4. The summed E-state index contributed by atoms with van der Waals surface area (Å²) in [5.74, 6) is 2.90. The topological polar surface area (TPSA) is 57.7 Å². The Labute approximate surface area is 186 Å². The second-order valence-electron chi connectivity index (χ2n) is 8.76. The molecule has 2 fully saturated rings. The van der Waals surface area contributed by atoms with Crippen LogP contribution in [0.1, 0.15) is 55.4 Å². The highest BCUT2D eigenvalue weighted by atomic mass is 32.2. The quantitative estimate of drug-likeness (QED) is 0.622. The molecule has 1 saturated carbocycles. The van der Waals surface area contributed by atoms with Gasteiger partial charge in [0.2, 0.25) is 0 Å². The number of rotatable bonds is 6. The highest BCUT2D eigenvalue weighted by Gasteiger charge is 2.33. The summed E-state index contributed by atoms with van der Waals surface area (Å²) in [6.45, 7) is 5.91. The molecule has 0 unspecified atom stereocenters. The Bertz CT molecular complexity index is 859. The van der Waals surface area contributed by atoms with E-state index in [4.69, 9.17) is 9.47 Å². The predicted octanol–water partition coefficient (Wildman–Crippen LogP) is 4.12. The van der Waals surface area contributed by atoms with Gasteiger partial charge in [0.25, 0.3) is 0 Å². The van der Waals surface area contributed by atoms with Crippen molar-refractivity contribution in [1.29, 1.82) is 0 Å². The first-order valence-electron chi connectivity index (χ1n) is 11.5. The molecule has 30 heavy (non-hydrogen) atoms. The van der Waals surface area contributed by atoms with Crippen molar-refractivity contribution in [3.63, 3.8) is 0 Å². The Morgan fingerprint density at radius 2 is 2.03 bits per heavy atom. The standard InChI is InChI=1S/C23H32N2O3S2/c1-2-30(26)15-16-3-8-20-21(16)22-19(9-10-24-23(22)29-20)28-18-6-4-17(5-7-18)25-11-13-27-14-12-25/h9-10,16-18H,2-8,11-15H2,1H3/t16-,17-,18-,30-/m1/s1. The van der Waals surface area contributed by atoms with Crippen LogP contribution in [0.4, 0.5) is 0 Å². The fraction of sp³-hybridized carbons (Fsp3) is 0.696. The summed E-state index contributed by atoms with van der Waals surface area (Å²) in [6.07, 6.45) is 9.02. The lowest BCUT2D eigenvalue weighted by molar-refractivity contribution is -0.000919. The normalized spacial score (nSPS) is 28.5. The summed E-state index contributed by atoms with van der Waals surface area (Å²) in [5.41, 5.74) is 1.39. The zero-order chi connectivity index (χ0) is 20.5. The van der Waals surface area contributed by atoms with E-state index in [2.05, 4.69) is 16.0 Å². The summed E-state index contributed by atoms with van der Waals surface area (Å²) in [7, 11) is 0. The Morgan fingerprint density at radius 3 is 2.80 bits per heavy atom. The van der Waals surface area contributed by atoms with Gasteiger partial charge in [0.05, 0.1) is 24.7 Å². The first-order chi connectivity index (χ1) is 14.7. The van der Waals surface area contributed by atoms with Crippen LogP contribution < -0.4 is 4.74 Å². The Hall–Kier alpha value is -0.860. The van der Waals surface area contributed by atoms with Gasteiger partial charge in [0, 0.05) is 36.1 Å². The monoisotopic (exact) mass is 448 g/mol. The van der Waals surface area contributed by atoms with E-state index < -0.39 is 11.2 Å². The van der Waals surface area contributed by atoms with E-state index in [0.717, 1.165) is 74.1 Å². The maximum absolute atomic E-state index is 12.3. The number of morpholine rings is 1. The molecule has 5 nitrogen and oxygen atoms in total. The third-order valence-electron chi connectivity index (χ3n) is 7.00. The van der Waals surface area contributed by atoms with Crippen molar-refractivity contribution in [1.82, 2.24) is 9.88 Å². The van der Waals surface area contributed by atoms with Gasteiger partial charge in [0.15, 0.2) is 0 Å². The number of nitrogens with zero attached hydrogens (tertiary/aromatic N) is 2. The van der Waals surface area contributed by atoms with E-state index in [-0.39, 0.29) is 6.10 Å². The fourth-order valence-electron chi connectivity index (χ4n) is 5.39. The number of aryl methyl sites for hydroxylation is 1. The molecule has 2 atom stereocenters. The Kier molecular flexibility index (Phi) is 6.53. The van der Waals surface area contributed by atoms with Crippen molar-refractivity contribution in [2.24, 2.45) is 0 Å². The summed E-state index contributed by atoms with van der Waals surface area (Å²) in [4.78, 5) is 9.78. The molecule has 0 spiro atoms. The maximum atomic E-state index is 12.3. The van der Waals surface area contributed by atoms with E-state index in [1.54, 1.807) is 0 Å². The lowest BCUT2D eigenvalue weighted by atomic mass is 9.91. The molecule has 2 aromatic heterocycles. The van der Waals surface area contributed by atoms with Gasteiger partial charge >= 0.3 is 0 Å². The molecule has 2 aliphatic carbocycles. The number of thiophene rings is 1. The molecule has 3 aliphatic rings. The van der Waals surface area contributed by atoms with Gasteiger partial charge in [0.1, 0.15) is 22.1 Å². The van der Waals surface area contributed by atoms with Crippen LogP contribution in [0.15, 0.2) is 12.3 Å². The maximum Gasteiger partial charge on any atom is 0.131 e. The molecule has 7 heteroatoms. The van der Waals surface area contributed by atoms with Gasteiger partial charge in [-0.3, -0.25) is 4.90 Å². The van der Waals surface area contributed by atoms with Gasteiger partial charge in [-0.25, -0.2) is 4.98 Å². The third kappa shape index (κ3) is 4.24. The number of hydrogen-bond acceptors (Lipinski definition) is 6. The van der Waals surface area contributed by atoms with E-state index in [1.165, 1.54) is 28.7 Å². The largest absolute Gasteiger partial charge is 0.616 e. The Balaban J connectivity index is 1.31. The van der Waals surface area contributed by atoms with Crippen molar-refractivity contribution < 1.29 is 14.0 Å². The summed E-state index contributed by atoms with van der Waals surface area (Å²) in [6, 6.07) is 2.74. The predicted molar refractivity (Wildman–Crippen MR) is 123 cm³/mol. The molecule has 0 aromatic carbocycles. The van der Waals surface area contributed by atoms with Gasteiger partial charge in [-0.15, -0.1) is 11.3 Å². The van der Waals surface area contributed by atoms with Crippen molar-refractivity contribution in [2.75, 3.05) is 37.8 Å². The zero-order valence-corrected chi connectivity index (χ0v) is 19.4. The van der Waals surface area contributed by atoms with Crippen LogP contribution in [-0.2, 0) is 22.3 Å². The smallest absolute Gasteiger partial charge is 0.131 e. The average molecular weight is 449 g/mol. The highest BCUT2D eigenvalue weighted by molar-refractivity contribution is 7.91. The first kappa shape index (κ1) is 21.0. The average Bonchev–Trinajstić information content (AvgIpc) is 3.35. The van der Waals surface area contributed by atoms with Crippen LogP contribution in [0.25, 0.3) is 10.2 Å². The second-order valence-corrected chi connectivity index (χ2v) is 11.6. The minimum atomic E-state index is -0.741. The summed E-state index contributed by atoms with van der Waals surface area (Å²) >= 11 is 1.07. The van der Waals surface area contributed by atoms with E-state index >= 15 is 0 Å². The summed E-state index contributed by atoms with van der Waals surface area (Å²) in [5, 5.41) is 1.21. The van der Waals surface area contributed by atoms with E-state index in [1.807, 2.05) is 24.5 Å². The lowest BCUT2D eigenvalue weighted by Crippen LogP contribution is -2.46. The molecular formula is C23H32N2O3S2. The number of aromatic nitrogens is 1. The van der Waals surface area contributed by atoms with Crippen LogP contribution in [0.3, 0.4) is 0 Å². The van der Waals surface area contributed by atoms with Crippen LogP contribution in [-0.4, -0.2) is 64.4 Å². The number of pyridine rings is 1. The SMILES string of the molecule is CC[S@@+]([O-])C[C@H]1CCc2sc3nccc(O[C@H]4CC[C@H](N5CCOCC5)CC4)c3c21. The third-order valence-corrected chi connectivity index (χ3v) is 9.60. The van der Waals surface area contributed by atoms with E-state index in [0.29, 0.717) is 12.0 Å². The molecule has 5 rings (SSSR count).